The third-order valence-corrected chi connectivity index (χ3v) is 5.56. The predicted octanol–water partition coefficient (Wildman–Crippen LogP) is 4.41. The molecule has 0 saturated heterocycles. The standard InChI is InChI=1S/C20H11NO2S/c22-19-11-5-1-2-6-12(11)20(23)17-13(19)9-10-16-18(17)21-14-7-3-4-8-15(14)24-16/h1-10,21H. The molecule has 1 heterocycles. The van der Waals surface area contributed by atoms with E-state index in [9.17, 15) is 9.59 Å². The van der Waals surface area contributed by atoms with Gasteiger partial charge in [-0.3, -0.25) is 9.59 Å². The highest BCUT2D eigenvalue weighted by Gasteiger charge is 2.13. The van der Waals surface area contributed by atoms with Crippen LogP contribution < -0.4 is 10.9 Å². The van der Waals surface area contributed by atoms with Gasteiger partial charge in [0.05, 0.1) is 25.8 Å². The van der Waals surface area contributed by atoms with Crippen LogP contribution in [0.4, 0.5) is 0 Å². The summed E-state index contributed by atoms with van der Waals surface area (Å²) in [5.41, 5.74) is 1.52. The molecule has 24 heavy (non-hydrogen) atoms. The average Bonchev–Trinajstić information content (AvgIpc) is 2.63. The van der Waals surface area contributed by atoms with Crippen LogP contribution in [0.3, 0.4) is 0 Å². The summed E-state index contributed by atoms with van der Waals surface area (Å²) < 4.78 is 2.08. The molecule has 0 atom stereocenters. The maximum absolute atomic E-state index is 13.0. The lowest BCUT2D eigenvalue weighted by atomic mass is 10.0. The fourth-order valence-corrected chi connectivity index (χ4v) is 4.29. The highest BCUT2D eigenvalue weighted by Crippen LogP contribution is 2.29. The van der Waals surface area contributed by atoms with Gasteiger partial charge in [0.2, 0.25) is 0 Å². The van der Waals surface area contributed by atoms with E-state index in [0.29, 0.717) is 21.5 Å². The molecule has 1 N–H and O–H groups in total. The number of nitrogens with one attached hydrogen (secondary N) is 1. The Morgan fingerprint density at radius 2 is 1.38 bits per heavy atom. The van der Waals surface area contributed by atoms with Crippen molar-refractivity contribution in [3.05, 3.63) is 81.1 Å². The number of hydrogen-bond donors (Lipinski definition) is 1. The van der Waals surface area contributed by atoms with Gasteiger partial charge in [0, 0.05) is 16.2 Å². The van der Waals surface area contributed by atoms with Crippen LogP contribution in [-0.4, -0.2) is 4.98 Å². The van der Waals surface area contributed by atoms with E-state index in [1.54, 1.807) is 41.7 Å². The Morgan fingerprint density at radius 3 is 2.21 bits per heavy atom. The Kier molecular flexibility index (Phi) is 2.67. The molecular formula is C20H11NO2S. The van der Waals surface area contributed by atoms with Gasteiger partial charge in [-0.1, -0.05) is 36.4 Å². The molecule has 0 amide bonds. The number of fused-ring (bicyclic) bond motifs is 5. The Hall–Kier alpha value is -2.98. The maximum atomic E-state index is 13.0. The number of aromatic nitrogens is 1. The summed E-state index contributed by atoms with van der Waals surface area (Å²) in [5, 5.41) is 1.93. The second kappa shape index (κ2) is 4.76. The second-order valence-corrected chi connectivity index (χ2v) is 6.87. The van der Waals surface area contributed by atoms with Crippen LogP contribution >= 0.6 is 11.3 Å². The van der Waals surface area contributed by atoms with Crippen molar-refractivity contribution in [2.75, 3.05) is 0 Å². The van der Waals surface area contributed by atoms with Gasteiger partial charge in [0.25, 0.3) is 0 Å². The van der Waals surface area contributed by atoms with Crippen LogP contribution in [0.15, 0.2) is 70.3 Å². The van der Waals surface area contributed by atoms with Gasteiger partial charge in [-0.2, -0.15) is 0 Å². The van der Waals surface area contributed by atoms with E-state index >= 15 is 0 Å². The van der Waals surface area contributed by atoms with E-state index in [-0.39, 0.29) is 10.9 Å². The molecule has 0 aliphatic carbocycles. The molecule has 5 aromatic rings. The van der Waals surface area contributed by atoms with Crippen molar-refractivity contribution in [2.45, 2.75) is 0 Å². The zero-order valence-electron chi connectivity index (χ0n) is 12.5. The summed E-state index contributed by atoms with van der Waals surface area (Å²) in [7, 11) is 0. The summed E-state index contributed by atoms with van der Waals surface area (Å²) in [6.07, 6.45) is 0. The van der Waals surface area contributed by atoms with Crippen molar-refractivity contribution in [2.24, 2.45) is 0 Å². The lowest BCUT2D eigenvalue weighted by molar-refractivity contribution is 1.53. The third-order valence-electron chi connectivity index (χ3n) is 4.42. The van der Waals surface area contributed by atoms with Gasteiger partial charge >= 0.3 is 0 Å². The molecule has 0 radical (unpaired) electrons. The topological polar surface area (TPSA) is 49.9 Å². The average molecular weight is 329 g/mol. The molecule has 0 fully saturated rings. The monoisotopic (exact) mass is 329 g/mol. The highest BCUT2D eigenvalue weighted by atomic mass is 32.1. The molecule has 0 aliphatic rings. The normalized spacial score (nSPS) is 11.7. The minimum atomic E-state index is -0.0930. The molecule has 114 valence electrons. The largest absolute Gasteiger partial charge is 0.353 e. The first-order chi connectivity index (χ1) is 11.7. The number of hydrogen-bond acceptors (Lipinski definition) is 3. The van der Waals surface area contributed by atoms with Crippen molar-refractivity contribution >= 4 is 53.3 Å². The summed E-state index contributed by atoms with van der Waals surface area (Å²) in [6.45, 7) is 0. The molecule has 5 rings (SSSR count). The van der Waals surface area contributed by atoms with Gasteiger partial charge in [0.15, 0.2) is 10.9 Å². The van der Waals surface area contributed by atoms with Gasteiger partial charge in [-0.15, -0.1) is 11.3 Å². The predicted molar refractivity (Wildman–Crippen MR) is 101 cm³/mol. The summed E-state index contributed by atoms with van der Waals surface area (Å²) >= 11 is 1.61. The number of para-hydroxylation sites is 1. The zero-order valence-corrected chi connectivity index (χ0v) is 13.3. The lowest BCUT2D eigenvalue weighted by Gasteiger charge is -2.07. The first-order valence-corrected chi connectivity index (χ1v) is 8.45. The molecule has 0 spiro atoms. The van der Waals surface area contributed by atoms with Gasteiger partial charge < -0.3 is 4.98 Å². The molecule has 0 aliphatic heterocycles. The number of H-pyrrole nitrogens is 1. The minimum absolute atomic E-state index is 0.0892. The van der Waals surface area contributed by atoms with E-state index in [1.165, 1.54) is 0 Å². The van der Waals surface area contributed by atoms with Crippen LogP contribution in [0.1, 0.15) is 0 Å². The van der Waals surface area contributed by atoms with Crippen LogP contribution in [0, 0.1) is 0 Å². The quantitative estimate of drug-likeness (QED) is 0.338. The van der Waals surface area contributed by atoms with Gasteiger partial charge in [-0.25, -0.2) is 0 Å². The molecule has 0 saturated carbocycles. The second-order valence-electron chi connectivity index (χ2n) is 5.79. The van der Waals surface area contributed by atoms with Crippen LogP contribution in [0.2, 0.25) is 0 Å². The molecule has 0 unspecified atom stereocenters. The Bertz CT molecular complexity index is 1400. The molecule has 3 nitrogen and oxygen atoms in total. The van der Waals surface area contributed by atoms with Gasteiger partial charge in [0.1, 0.15) is 0 Å². The van der Waals surface area contributed by atoms with Crippen LogP contribution in [-0.2, 0) is 0 Å². The van der Waals surface area contributed by atoms with E-state index < -0.39 is 0 Å². The first kappa shape index (κ1) is 13.5. The molecule has 1 aromatic heterocycles. The highest BCUT2D eigenvalue weighted by molar-refractivity contribution is 7.24. The van der Waals surface area contributed by atoms with Crippen molar-refractivity contribution in [3.8, 4) is 0 Å². The molecule has 0 bridgehead atoms. The Morgan fingerprint density at radius 1 is 0.667 bits per heavy atom. The molecule has 4 heteroatoms. The van der Waals surface area contributed by atoms with Crippen molar-refractivity contribution in [1.82, 2.24) is 4.98 Å². The summed E-state index contributed by atoms with van der Waals surface area (Å²) in [5.74, 6) is 0. The van der Waals surface area contributed by atoms with Crippen LogP contribution in [0.25, 0.3) is 42.0 Å². The smallest absolute Gasteiger partial charge is 0.196 e. The van der Waals surface area contributed by atoms with E-state index in [1.807, 2.05) is 30.3 Å². The number of benzene rings is 4. The van der Waals surface area contributed by atoms with E-state index in [2.05, 4.69) is 4.98 Å². The lowest BCUT2D eigenvalue weighted by Crippen LogP contribution is -2.13. The first-order valence-electron chi connectivity index (χ1n) is 7.63. The Balaban J connectivity index is 2.13. The fraction of sp³-hybridized carbons (Fsp3) is 0. The van der Waals surface area contributed by atoms with Crippen molar-refractivity contribution in [3.63, 3.8) is 0 Å². The molecule has 4 aromatic carbocycles. The molecular weight excluding hydrogens is 318 g/mol. The number of aromatic amines is 1. The van der Waals surface area contributed by atoms with Crippen molar-refractivity contribution in [1.29, 1.82) is 0 Å². The van der Waals surface area contributed by atoms with E-state index in [4.69, 9.17) is 0 Å². The third kappa shape index (κ3) is 1.71. The number of rotatable bonds is 0. The Labute approximate surface area is 139 Å². The summed E-state index contributed by atoms with van der Waals surface area (Å²) in [4.78, 5) is 29.2. The minimum Gasteiger partial charge on any atom is -0.353 e. The fourth-order valence-electron chi connectivity index (χ4n) is 3.29. The zero-order chi connectivity index (χ0) is 16.3. The van der Waals surface area contributed by atoms with Gasteiger partial charge in [-0.05, 0) is 24.3 Å². The van der Waals surface area contributed by atoms with Crippen molar-refractivity contribution < 1.29 is 0 Å². The van der Waals surface area contributed by atoms with Crippen LogP contribution in [0.5, 0.6) is 0 Å². The van der Waals surface area contributed by atoms with E-state index in [0.717, 1.165) is 20.4 Å². The summed E-state index contributed by atoms with van der Waals surface area (Å²) in [6, 6.07) is 18.7. The SMILES string of the molecule is O=c1c2ccccc2c(=O)c2c1ccc1sc3ccccc3[nH]c12. The maximum Gasteiger partial charge on any atom is 0.196 e.